The summed E-state index contributed by atoms with van der Waals surface area (Å²) in [5.74, 6) is 0.503. The second-order valence-corrected chi connectivity index (χ2v) is 12.9. The van der Waals surface area contributed by atoms with Crippen LogP contribution in [0.2, 0.25) is 0 Å². The first-order valence-electron chi connectivity index (χ1n) is 16.0. The Morgan fingerprint density at radius 2 is 1.26 bits per heavy atom. The molecule has 2 unspecified atom stereocenters. The van der Waals surface area contributed by atoms with E-state index in [2.05, 4.69) is 23.7 Å². The molecule has 0 aliphatic rings. The van der Waals surface area contributed by atoms with Crippen molar-refractivity contribution in [2.45, 2.75) is 102 Å². The SMILES string of the molecule is C.CCOC(=O)C(C)CC(C)C.CCOC(=O)C(CC(C)C)n1cc(CN(C)C)c(C)cc1=O.Cc1cc(=O)[nH]cc1CN(C)C. The zero-order valence-corrected chi connectivity index (χ0v) is 30.2. The van der Waals surface area contributed by atoms with Gasteiger partial charge in [-0.05, 0) is 103 Å². The lowest BCUT2D eigenvalue weighted by molar-refractivity contribution is -0.148. The third-order valence-electron chi connectivity index (χ3n) is 6.71. The Labute approximate surface area is 278 Å². The Kier molecular flexibility index (Phi) is 22.6. The maximum absolute atomic E-state index is 12.4. The first kappa shape index (κ1) is 44.9. The predicted octanol–water partition coefficient (Wildman–Crippen LogP) is 5.98. The van der Waals surface area contributed by atoms with E-state index < -0.39 is 6.04 Å². The number of ether oxygens (including phenoxy) is 2. The molecule has 0 saturated heterocycles. The van der Waals surface area contributed by atoms with Crippen molar-refractivity contribution in [1.82, 2.24) is 19.4 Å². The molecular formula is C36H64N4O6. The molecule has 2 atom stereocenters. The van der Waals surface area contributed by atoms with Crippen LogP contribution in [0.5, 0.6) is 0 Å². The molecule has 10 heteroatoms. The van der Waals surface area contributed by atoms with Crippen molar-refractivity contribution < 1.29 is 19.1 Å². The molecule has 0 radical (unpaired) electrons. The number of carbonyl (C=O) groups excluding carboxylic acids is 2. The van der Waals surface area contributed by atoms with Crippen molar-refractivity contribution in [3.05, 3.63) is 67.5 Å². The molecular weight excluding hydrogens is 584 g/mol. The molecule has 0 amide bonds. The fraction of sp³-hybridized carbons (Fsp3) is 0.667. The number of aryl methyl sites for hydroxylation is 2. The van der Waals surface area contributed by atoms with E-state index >= 15 is 0 Å². The van der Waals surface area contributed by atoms with Crippen LogP contribution in [-0.2, 0) is 32.2 Å². The standard InChI is InChI=1S/C17H28N2O3.C9H14N2O.C9H18O2.CH4/c1-7-22-17(21)15(8-12(2)3)19-11-14(10-18(5)6)13(4)9-16(19)20;1-7-4-9(12)10-5-8(7)6-11(2)3;1-5-11-9(10)8(4)6-7(2)3;/h9,11-12,15H,7-8,10H2,1-6H3;4-5H,6H2,1-3H3,(H,10,12);7-8H,5-6H2,1-4H3;1H4. The van der Waals surface area contributed by atoms with Gasteiger partial charge in [0.2, 0.25) is 5.56 Å². The van der Waals surface area contributed by atoms with Gasteiger partial charge in [0.05, 0.1) is 19.1 Å². The fourth-order valence-corrected chi connectivity index (χ4v) is 4.65. The number of hydrogen-bond acceptors (Lipinski definition) is 8. The molecule has 0 aliphatic carbocycles. The summed E-state index contributed by atoms with van der Waals surface area (Å²) in [6, 6.07) is 2.67. The van der Waals surface area contributed by atoms with Gasteiger partial charge in [-0.15, -0.1) is 0 Å². The van der Waals surface area contributed by atoms with Gasteiger partial charge in [0.15, 0.2) is 0 Å². The van der Waals surface area contributed by atoms with Crippen molar-refractivity contribution in [3.63, 3.8) is 0 Å². The van der Waals surface area contributed by atoms with Crippen molar-refractivity contribution in [2.24, 2.45) is 17.8 Å². The highest BCUT2D eigenvalue weighted by Gasteiger charge is 2.24. The van der Waals surface area contributed by atoms with Crippen LogP contribution in [0.15, 0.2) is 34.1 Å². The van der Waals surface area contributed by atoms with Gasteiger partial charge in [-0.3, -0.25) is 14.4 Å². The van der Waals surface area contributed by atoms with Gasteiger partial charge in [-0.25, -0.2) is 4.79 Å². The quantitative estimate of drug-likeness (QED) is 0.264. The molecule has 2 aromatic heterocycles. The summed E-state index contributed by atoms with van der Waals surface area (Å²) in [7, 11) is 7.97. The Hall–Kier alpha value is -3.24. The number of esters is 2. The first-order valence-corrected chi connectivity index (χ1v) is 16.0. The zero-order chi connectivity index (χ0) is 34.9. The van der Waals surface area contributed by atoms with E-state index in [1.165, 1.54) is 10.1 Å². The van der Waals surface area contributed by atoms with Crippen LogP contribution in [0.1, 0.15) is 97.0 Å². The maximum atomic E-state index is 12.4. The average Bonchev–Trinajstić information content (AvgIpc) is 2.91. The van der Waals surface area contributed by atoms with Crippen molar-refractivity contribution in [2.75, 3.05) is 41.4 Å². The summed E-state index contributed by atoms with van der Waals surface area (Å²) < 4.78 is 11.6. The number of nitrogens with zero attached hydrogens (tertiary/aromatic N) is 3. The predicted molar refractivity (Wildman–Crippen MR) is 189 cm³/mol. The molecule has 0 aliphatic heterocycles. The summed E-state index contributed by atoms with van der Waals surface area (Å²) in [5, 5.41) is 0. The molecule has 0 spiro atoms. The van der Waals surface area contributed by atoms with E-state index in [0.717, 1.165) is 36.2 Å². The number of pyridine rings is 2. The number of hydrogen-bond donors (Lipinski definition) is 1. The van der Waals surface area contributed by atoms with Gasteiger partial charge in [0.25, 0.3) is 5.56 Å². The normalized spacial score (nSPS) is 12.0. The van der Waals surface area contributed by atoms with E-state index in [4.69, 9.17) is 9.47 Å². The van der Waals surface area contributed by atoms with Gasteiger partial charge < -0.3 is 28.8 Å². The maximum Gasteiger partial charge on any atom is 0.329 e. The number of rotatable bonds is 13. The molecule has 0 aromatic carbocycles. The molecule has 264 valence electrons. The molecule has 1 N–H and O–H groups in total. The first-order chi connectivity index (χ1) is 20.9. The summed E-state index contributed by atoms with van der Waals surface area (Å²) >= 11 is 0. The lowest BCUT2D eigenvalue weighted by Gasteiger charge is -2.22. The zero-order valence-electron chi connectivity index (χ0n) is 30.2. The highest BCUT2D eigenvalue weighted by atomic mass is 16.5. The molecule has 2 heterocycles. The summed E-state index contributed by atoms with van der Waals surface area (Å²) in [5.41, 5.74) is 4.02. The molecule has 2 aromatic rings. The fourth-order valence-electron chi connectivity index (χ4n) is 4.65. The smallest absolute Gasteiger partial charge is 0.329 e. The Bertz CT molecular complexity index is 1280. The van der Waals surface area contributed by atoms with Crippen LogP contribution in [-0.4, -0.2) is 72.7 Å². The number of H-pyrrole nitrogens is 1. The molecule has 0 fully saturated rings. The highest BCUT2D eigenvalue weighted by Crippen LogP contribution is 2.20. The lowest BCUT2D eigenvalue weighted by Crippen LogP contribution is -2.32. The van der Waals surface area contributed by atoms with Crippen LogP contribution in [0.4, 0.5) is 0 Å². The lowest BCUT2D eigenvalue weighted by atomic mass is 9.99. The van der Waals surface area contributed by atoms with Crippen LogP contribution in [0, 0.1) is 31.6 Å². The largest absolute Gasteiger partial charge is 0.466 e. The minimum absolute atomic E-state index is 0. The topological polar surface area (TPSA) is 114 Å². The molecule has 0 bridgehead atoms. The van der Waals surface area contributed by atoms with E-state index in [9.17, 15) is 19.2 Å². The minimum Gasteiger partial charge on any atom is -0.466 e. The van der Waals surface area contributed by atoms with Gasteiger partial charge in [-0.1, -0.05) is 42.0 Å². The minimum atomic E-state index is -0.561. The summed E-state index contributed by atoms with van der Waals surface area (Å²) in [4.78, 5) is 53.3. The molecule has 2 rings (SSSR count). The highest BCUT2D eigenvalue weighted by molar-refractivity contribution is 5.74. The van der Waals surface area contributed by atoms with Crippen molar-refractivity contribution >= 4 is 11.9 Å². The van der Waals surface area contributed by atoms with E-state index in [1.54, 1.807) is 25.3 Å². The van der Waals surface area contributed by atoms with Crippen molar-refractivity contribution in [1.29, 1.82) is 0 Å². The molecule has 0 saturated carbocycles. The third kappa shape index (κ3) is 18.0. The summed E-state index contributed by atoms with van der Waals surface area (Å²) in [6.45, 7) is 20.1. The van der Waals surface area contributed by atoms with Gasteiger partial charge in [-0.2, -0.15) is 0 Å². The van der Waals surface area contributed by atoms with Crippen LogP contribution in [0.25, 0.3) is 0 Å². The van der Waals surface area contributed by atoms with Gasteiger partial charge in [0, 0.05) is 37.6 Å². The van der Waals surface area contributed by atoms with Crippen LogP contribution >= 0.6 is 0 Å². The van der Waals surface area contributed by atoms with E-state index in [0.29, 0.717) is 31.5 Å². The Morgan fingerprint density at radius 1 is 0.783 bits per heavy atom. The Balaban J connectivity index is 0. The van der Waals surface area contributed by atoms with E-state index in [-0.39, 0.29) is 36.4 Å². The number of aromatic nitrogens is 2. The molecule has 10 nitrogen and oxygen atoms in total. The van der Waals surface area contributed by atoms with Gasteiger partial charge >= 0.3 is 11.9 Å². The Morgan fingerprint density at radius 3 is 1.72 bits per heavy atom. The number of nitrogens with one attached hydrogen (secondary N) is 1. The van der Waals surface area contributed by atoms with Gasteiger partial charge in [0.1, 0.15) is 6.04 Å². The second kappa shape index (κ2) is 23.1. The third-order valence-corrected chi connectivity index (χ3v) is 6.71. The van der Waals surface area contributed by atoms with E-state index in [1.807, 2.05) is 80.8 Å². The van der Waals surface area contributed by atoms with Crippen LogP contribution in [0.3, 0.4) is 0 Å². The monoisotopic (exact) mass is 648 g/mol. The molecule has 46 heavy (non-hydrogen) atoms. The number of carbonyl (C=O) groups is 2. The summed E-state index contributed by atoms with van der Waals surface area (Å²) in [6.07, 6.45) is 5.08. The van der Waals surface area contributed by atoms with Crippen LogP contribution < -0.4 is 11.1 Å². The average molecular weight is 649 g/mol. The van der Waals surface area contributed by atoms with Crippen molar-refractivity contribution in [3.8, 4) is 0 Å². The second-order valence-electron chi connectivity index (χ2n) is 12.9. The number of aromatic amines is 1.